The van der Waals surface area contributed by atoms with Crippen LogP contribution in [0, 0.1) is 19.8 Å². The van der Waals surface area contributed by atoms with E-state index in [2.05, 4.69) is 58.9 Å². The lowest BCUT2D eigenvalue weighted by Crippen LogP contribution is -2.52. The fourth-order valence-electron chi connectivity index (χ4n) is 4.75. The minimum Gasteiger partial charge on any atom is -0.368 e. The van der Waals surface area contributed by atoms with Gasteiger partial charge in [-0.3, -0.25) is 9.69 Å². The topological polar surface area (TPSA) is 26.8 Å². The van der Waals surface area contributed by atoms with Crippen LogP contribution in [0.5, 0.6) is 0 Å². The lowest BCUT2D eigenvalue weighted by atomic mass is 9.95. The summed E-state index contributed by atoms with van der Waals surface area (Å²) in [5.74, 6) is 0.467. The van der Waals surface area contributed by atoms with E-state index in [9.17, 15) is 4.79 Å². The molecule has 0 spiro atoms. The highest BCUT2D eigenvalue weighted by Gasteiger charge is 2.31. The van der Waals surface area contributed by atoms with E-state index in [-0.39, 0.29) is 5.92 Å². The zero-order chi connectivity index (χ0) is 21.1. The Kier molecular flexibility index (Phi) is 6.64. The highest BCUT2D eigenvalue weighted by Crippen LogP contribution is 2.26. The van der Waals surface area contributed by atoms with Gasteiger partial charge in [0.15, 0.2) is 0 Å². The van der Waals surface area contributed by atoms with Gasteiger partial charge in [0.1, 0.15) is 0 Å². The van der Waals surface area contributed by atoms with E-state index in [1.54, 1.807) is 0 Å². The first kappa shape index (κ1) is 21.2. The van der Waals surface area contributed by atoms with Gasteiger partial charge in [-0.1, -0.05) is 35.9 Å². The molecule has 0 radical (unpaired) electrons. The molecule has 1 atom stereocenters. The van der Waals surface area contributed by atoms with Crippen LogP contribution < -0.4 is 4.90 Å². The average molecular weight is 426 g/mol. The van der Waals surface area contributed by atoms with E-state index in [0.29, 0.717) is 5.91 Å². The Morgan fingerprint density at radius 2 is 1.73 bits per heavy atom. The molecule has 0 aromatic heterocycles. The van der Waals surface area contributed by atoms with Crippen LogP contribution in [-0.2, 0) is 11.3 Å². The van der Waals surface area contributed by atoms with Crippen LogP contribution in [0.25, 0.3) is 0 Å². The number of hydrogen-bond acceptors (Lipinski definition) is 3. The van der Waals surface area contributed by atoms with Gasteiger partial charge in [0, 0.05) is 50.0 Å². The number of rotatable bonds is 4. The standard InChI is InChI=1S/C25H32ClN3O/c1-19-5-3-7-24(20(19)2)28-13-15-29(16-14-28)25(30)22-6-4-12-27(18-22)17-21-8-10-23(26)11-9-21/h3,5,7-11,22H,4,6,12-18H2,1-2H3. The van der Waals surface area contributed by atoms with Crippen molar-refractivity contribution in [3.8, 4) is 0 Å². The van der Waals surface area contributed by atoms with Crippen LogP contribution in [0.3, 0.4) is 0 Å². The zero-order valence-electron chi connectivity index (χ0n) is 18.1. The first-order valence-electron chi connectivity index (χ1n) is 11.1. The van der Waals surface area contributed by atoms with Crippen molar-refractivity contribution in [1.82, 2.24) is 9.80 Å². The van der Waals surface area contributed by atoms with Crippen molar-refractivity contribution >= 4 is 23.2 Å². The maximum absolute atomic E-state index is 13.2. The van der Waals surface area contributed by atoms with Crippen molar-refractivity contribution in [2.75, 3.05) is 44.2 Å². The molecule has 2 aliphatic heterocycles. The van der Waals surface area contributed by atoms with Gasteiger partial charge >= 0.3 is 0 Å². The number of nitrogens with zero attached hydrogens (tertiary/aromatic N) is 3. The summed E-state index contributed by atoms with van der Waals surface area (Å²) in [6.45, 7) is 10.6. The normalized spacial score (nSPS) is 20.4. The summed E-state index contributed by atoms with van der Waals surface area (Å²) in [6.07, 6.45) is 2.10. The molecule has 2 saturated heterocycles. The molecule has 0 N–H and O–H groups in total. The smallest absolute Gasteiger partial charge is 0.227 e. The van der Waals surface area contributed by atoms with Gasteiger partial charge in [0.2, 0.25) is 5.91 Å². The number of anilines is 1. The van der Waals surface area contributed by atoms with Gasteiger partial charge in [-0.25, -0.2) is 0 Å². The van der Waals surface area contributed by atoms with E-state index in [0.717, 1.165) is 63.7 Å². The fraction of sp³-hybridized carbons (Fsp3) is 0.480. The van der Waals surface area contributed by atoms with Gasteiger partial charge in [-0.2, -0.15) is 0 Å². The van der Waals surface area contributed by atoms with Gasteiger partial charge < -0.3 is 9.80 Å². The van der Waals surface area contributed by atoms with Gasteiger partial charge in [0.25, 0.3) is 0 Å². The molecule has 4 nitrogen and oxygen atoms in total. The molecule has 5 heteroatoms. The molecule has 2 aliphatic rings. The van der Waals surface area contributed by atoms with E-state index in [4.69, 9.17) is 11.6 Å². The average Bonchev–Trinajstić information content (AvgIpc) is 2.77. The highest BCUT2D eigenvalue weighted by atomic mass is 35.5. The fourth-order valence-corrected chi connectivity index (χ4v) is 4.88. The van der Waals surface area contributed by atoms with Crippen molar-refractivity contribution in [3.63, 3.8) is 0 Å². The third kappa shape index (κ3) is 4.81. The maximum Gasteiger partial charge on any atom is 0.227 e. The summed E-state index contributed by atoms with van der Waals surface area (Å²) in [7, 11) is 0. The summed E-state index contributed by atoms with van der Waals surface area (Å²) in [5, 5.41) is 0.769. The van der Waals surface area contributed by atoms with Crippen LogP contribution in [0.4, 0.5) is 5.69 Å². The third-order valence-corrected chi connectivity index (χ3v) is 6.93. The number of carbonyl (C=O) groups excluding carboxylic acids is 1. The third-order valence-electron chi connectivity index (χ3n) is 6.68. The van der Waals surface area contributed by atoms with Crippen molar-refractivity contribution < 1.29 is 4.79 Å². The van der Waals surface area contributed by atoms with Crippen LogP contribution in [0.1, 0.15) is 29.5 Å². The molecule has 2 fully saturated rings. The summed E-state index contributed by atoms with van der Waals surface area (Å²) in [5.41, 5.74) is 5.25. The van der Waals surface area contributed by atoms with Gasteiger partial charge in [-0.05, 0) is 68.1 Å². The Hall–Kier alpha value is -2.04. The monoisotopic (exact) mass is 425 g/mol. The van der Waals surface area contributed by atoms with Crippen molar-refractivity contribution in [2.45, 2.75) is 33.2 Å². The second-order valence-corrected chi connectivity index (χ2v) is 9.17. The summed E-state index contributed by atoms with van der Waals surface area (Å²) >= 11 is 6.00. The predicted molar refractivity (Wildman–Crippen MR) is 124 cm³/mol. The van der Waals surface area contributed by atoms with E-state index >= 15 is 0 Å². The summed E-state index contributed by atoms with van der Waals surface area (Å²) in [6, 6.07) is 14.6. The summed E-state index contributed by atoms with van der Waals surface area (Å²) < 4.78 is 0. The molecule has 1 amide bonds. The summed E-state index contributed by atoms with van der Waals surface area (Å²) in [4.78, 5) is 20.2. The number of carbonyl (C=O) groups is 1. The van der Waals surface area contributed by atoms with E-state index < -0.39 is 0 Å². The van der Waals surface area contributed by atoms with Crippen molar-refractivity contribution in [3.05, 3.63) is 64.2 Å². The molecule has 30 heavy (non-hydrogen) atoms. The Morgan fingerprint density at radius 3 is 2.47 bits per heavy atom. The Bertz CT molecular complexity index is 874. The van der Waals surface area contributed by atoms with Crippen molar-refractivity contribution in [2.24, 2.45) is 5.92 Å². The minimum atomic E-state index is 0.123. The van der Waals surface area contributed by atoms with Crippen LogP contribution >= 0.6 is 11.6 Å². The van der Waals surface area contributed by atoms with Crippen LogP contribution in [0.15, 0.2) is 42.5 Å². The lowest BCUT2D eigenvalue weighted by molar-refractivity contribution is -0.137. The predicted octanol–water partition coefficient (Wildman–Crippen LogP) is 4.52. The van der Waals surface area contributed by atoms with Crippen molar-refractivity contribution in [1.29, 1.82) is 0 Å². The second kappa shape index (κ2) is 9.40. The Morgan fingerprint density at radius 1 is 1.00 bits per heavy atom. The first-order chi connectivity index (χ1) is 14.5. The highest BCUT2D eigenvalue weighted by molar-refractivity contribution is 6.30. The number of amides is 1. The first-order valence-corrected chi connectivity index (χ1v) is 11.5. The number of likely N-dealkylation sites (tertiary alicyclic amines) is 1. The molecule has 2 aromatic rings. The molecule has 0 aliphatic carbocycles. The molecule has 1 unspecified atom stereocenters. The molecule has 160 valence electrons. The molecular formula is C25H32ClN3O. The zero-order valence-corrected chi connectivity index (χ0v) is 18.9. The second-order valence-electron chi connectivity index (χ2n) is 8.73. The lowest BCUT2D eigenvalue weighted by Gasteiger charge is -2.40. The Labute approximate surface area is 185 Å². The number of halogens is 1. The van der Waals surface area contributed by atoms with E-state index in [1.165, 1.54) is 22.4 Å². The van der Waals surface area contributed by atoms with Crippen LogP contribution in [0.2, 0.25) is 5.02 Å². The molecular weight excluding hydrogens is 394 g/mol. The largest absolute Gasteiger partial charge is 0.368 e. The Balaban J connectivity index is 1.32. The number of piperazine rings is 1. The minimum absolute atomic E-state index is 0.123. The van der Waals surface area contributed by atoms with Crippen LogP contribution in [-0.4, -0.2) is 55.0 Å². The number of aryl methyl sites for hydroxylation is 1. The number of benzene rings is 2. The molecule has 2 aromatic carbocycles. The van der Waals surface area contributed by atoms with Gasteiger partial charge in [-0.15, -0.1) is 0 Å². The number of piperidine rings is 1. The molecule has 4 rings (SSSR count). The maximum atomic E-state index is 13.2. The number of hydrogen-bond donors (Lipinski definition) is 0. The SMILES string of the molecule is Cc1cccc(N2CCN(C(=O)C3CCCN(Cc4ccc(Cl)cc4)C3)CC2)c1C. The quantitative estimate of drug-likeness (QED) is 0.720. The van der Waals surface area contributed by atoms with E-state index in [1.807, 2.05) is 12.1 Å². The molecule has 2 heterocycles. The molecule has 0 saturated carbocycles. The van der Waals surface area contributed by atoms with Gasteiger partial charge in [0.05, 0.1) is 5.92 Å². The molecule has 0 bridgehead atoms.